The lowest BCUT2D eigenvalue weighted by atomic mass is 10.2. The number of aromatic nitrogens is 2. The van der Waals surface area contributed by atoms with Crippen molar-refractivity contribution in [3.8, 4) is 0 Å². The largest absolute Gasteiger partial charge is 0.435 e. The second-order valence-electron chi connectivity index (χ2n) is 4.33. The lowest BCUT2D eigenvalue weighted by molar-refractivity contribution is -0.141. The third-order valence-corrected chi connectivity index (χ3v) is 3.01. The van der Waals surface area contributed by atoms with Crippen LogP contribution in [0.1, 0.15) is 23.2 Å². The standard InChI is InChI=1S/C12H11F3N2O2/c1-7-2-3-8(11-18-4-5-19-11)9-6-10(12(13,14)15)16-17(7)9/h2-3,6,11H,4-5H2,1H3. The van der Waals surface area contributed by atoms with Crippen molar-refractivity contribution in [1.29, 1.82) is 0 Å². The Balaban J connectivity index is 2.18. The van der Waals surface area contributed by atoms with Gasteiger partial charge in [0, 0.05) is 11.3 Å². The molecule has 19 heavy (non-hydrogen) atoms. The second-order valence-corrected chi connectivity index (χ2v) is 4.33. The molecule has 3 rings (SSSR count). The fourth-order valence-corrected chi connectivity index (χ4v) is 2.10. The summed E-state index contributed by atoms with van der Waals surface area (Å²) < 4.78 is 50.1. The maximum absolute atomic E-state index is 12.7. The van der Waals surface area contributed by atoms with Crippen LogP contribution in [0.4, 0.5) is 13.2 Å². The van der Waals surface area contributed by atoms with Gasteiger partial charge in [-0.2, -0.15) is 18.3 Å². The van der Waals surface area contributed by atoms with E-state index in [1.165, 1.54) is 4.52 Å². The van der Waals surface area contributed by atoms with Gasteiger partial charge in [-0.05, 0) is 25.1 Å². The third-order valence-electron chi connectivity index (χ3n) is 3.01. The first-order valence-electron chi connectivity index (χ1n) is 5.76. The van der Waals surface area contributed by atoms with E-state index >= 15 is 0 Å². The summed E-state index contributed by atoms with van der Waals surface area (Å²) in [4.78, 5) is 0. The van der Waals surface area contributed by atoms with E-state index in [-0.39, 0.29) is 0 Å². The van der Waals surface area contributed by atoms with Crippen molar-refractivity contribution >= 4 is 5.52 Å². The molecule has 0 atom stereocenters. The molecule has 0 N–H and O–H groups in total. The Labute approximate surface area is 106 Å². The van der Waals surface area contributed by atoms with Crippen molar-refractivity contribution in [2.45, 2.75) is 19.4 Å². The molecular formula is C12H11F3N2O2. The molecule has 0 aromatic carbocycles. The molecule has 1 aliphatic heterocycles. The number of halogens is 3. The topological polar surface area (TPSA) is 35.8 Å². The summed E-state index contributed by atoms with van der Waals surface area (Å²) >= 11 is 0. The Morgan fingerprint density at radius 1 is 1.26 bits per heavy atom. The van der Waals surface area contributed by atoms with Crippen LogP contribution in [0.5, 0.6) is 0 Å². The molecule has 0 unspecified atom stereocenters. The summed E-state index contributed by atoms with van der Waals surface area (Å²) in [6.45, 7) is 2.57. The molecule has 1 aliphatic rings. The number of rotatable bonds is 1. The molecule has 2 aromatic heterocycles. The summed E-state index contributed by atoms with van der Waals surface area (Å²) in [5, 5.41) is 3.60. The number of alkyl halides is 3. The molecule has 3 heterocycles. The van der Waals surface area contributed by atoms with Gasteiger partial charge in [0.1, 0.15) is 0 Å². The number of nitrogens with zero attached hydrogens (tertiary/aromatic N) is 2. The maximum atomic E-state index is 12.7. The molecule has 7 heteroatoms. The molecule has 1 saturated heterocycles. The number of hydrogen-bond donors (Lipinski definition) is 0. The summed E-state index contributed by atoms with van der Waals surface area (Å²) in [6.07, 6.45) is -5.09. The van der Waals surface area contributed by atoms with Gasteiger partial charge in [-0.1, -0.05) is 0 Å². The average Bonchev–Trinajstić information content (AvgIpc) is 2.97. The van der Waals surface area contributed by atoms with E-state index in [0.717, 1.165) is 6.07 Å². The minimum absolute atomic E-state index is 0.360. The Kier molecular flexibility index (Phi) is 2.75. The summed E-state index contributed by atoms with van der Waals surface area (Å²) in [5.74, 6) is 0. The molecule has 4 nitrogen and oxygen atoms in total. The second kappa shape index (κ2) is 4.21. The fraction of sp³-hybridized carbons (Fsp3) is 0.417. The lowest BCUT2D eigenvalue weighted by Crippen LogP contribution is -2.06. The summed E-state index contributed by atoms with van der Waals surface area (Å²) in [7, 11) is 0. The van der Waals surface area contributed by atoms with Crippen molar-refractivity contribution in [2.75, 3.05) is 13.2 Å². The minimum Gasteiger partial charge on any atom is -0.346 e. The maximum Gasteiger partial charge on any atom is 0.435 e. The molecule has 1 fully saturated rings. The minimum atomic E-state index is -4.47. The number of fused-ring (bicyclic) bond motifs is 1. The van der Waals surface area contributed by atoms with Gasteiger partial charge in [-0.15, -0.1) is 0 Å². The molecule has 0 saturated carbocycles. The number of hydrogen-bond acceptors (Lipinski definition) is 3. The van der Waals surface area contributed by atoms with Crippen LogP contribution in [0.25, 0.3) is 5.52 Å². The highest BCUT2D eigenvalue weighted by atomic mass is 19.4. The van der Waals surface area contributed by atoms with Crippen LogP contribution in [-0.2, 0) is 15.7 Å². The monoisotopic (exact) mass is 272 g/mol. The van der Waals surface area contributed by atoms with Crippen LogP contribution >= 0.6 is 0 Å². The van der Waals surface area contributed by atoms with E-state index < -0.39 is 18.2 Å². The highest BCUT2D eigenvalue weighted by molar-refractivity contribution is 5.57. The highest BCUT2D eigenvalue weighted by Gasteiger charge is 2.35. The number of aryl methyl sites for hydroxylation is 1. The van der Waals surface area contributed by atoms with Gasteiger partial charge in [0.05, 0.1) is 18.7 Å². The smallest absolute Gasteiger partial charge is 0.346 e. The van der Waals surface area contributed by atoms with Crippen molar-refractivity contribution in [2.24, 2.45) is 0 Å². The van der Waals surface area contributed by atoms with Crippen molar-refractivity contribution < 1.29 is 22.6 Å². The van der Waals surface area contributed by atoms with Crippen molar-refractivity contribution in [3.63, 3.8) is 0 Å². The zero-order valence-corrected chi connectivity index (χ0v) is 10.1. The van der Waals surface area contributed by atoms with Gasteiger partial charge >= 0.3 is 6.18 Å². The first-order valence-corrected chi connectivity index (χ1v) is 5.76. The first kappa shape index (κ1) is 12.4. The quantitative estimate of drug-likeness (QED) is 0.800. The first-order chi connectivity index (χ1) is 8.97. The Morgan fingerprint density at radius 3 is 2.58 bits per heavy atom. The lowest BCUT2D eigenvalue weighted by Gasteiger charge is -2.11. The van der Waals surface area contributed by atoms with E-state index in [1.54, 1.807) is 19.1 Å². The van der Waals surface area contributed by atoms with Crippen molar-refractivity contribution in [1.82, 2.24) is 9.61 Å². The predicted molar refractivity (Wildman–Crippen MR) is 59.6 cm³/mol. The Hall–Kier alpha value is -1.60. The highest BCUT2D eigenvalue weighted by Crippen LogP contribution is 2.33. The summed E-state index contributed by atoms with van der Waals surface area (Å²) in [6, 6.07) is 4.43. The van der Waals surface area contributed by atoms with Gasteiger partial charge in [0.25, 0.3) is 0 Å². The van der Waals surface area contributed by atoms with E-state index in [2.05, 4.69) is 5.10 Å². The Bertz CT molecular complexity index is 615. The molecule has 0 amide bonds. The normalized spacial score (nSPS) is 17.5. The number of pyridine rings is 1. The van der Waals surface area contributed by atoms with E-state index in [9.17, 15) is 13.2 Å². The van der Waals surface area contributed by atoms with Crippen LogP contribution in [0.15, 0.2) is 18.2 Å². The third kappa shape index (κ3) is 2.08. The van der Waals surface area contributed by atoms with Gasteiger partial charge in [0.15, 0.2) is 12.0 Å². The van der Waals surface area contributed by atoms with Gasteiger partial charge < -0.3 is 9.47 Å². The Morgan fingerprint density at radius 2 is 1.95 bits per heavy atom. The zero-order valence-electron chi connectivity index (χ0n) is 10.1. The van der Waals surface area contributed by atoms with Crippen LogP contribution in [0, 0.1) is 6.92 Å². The van der Waals surface area contributed by atoms with Crippen LogP contribution in [0.2, 0.25) is 0 Å². The number of ether oxygens (including phenoxy) is 2. The molecular weight excluding hydrogens is 261 g/mol. The van der Waals surface area contributed by atoms with Gasteiger partial charge in [-0.25, -0.2) is 4.52 Å². The van der Waals surface area contributed by atoms with Crippen LogP contribution in [0.3, 0.4) is 0 Å². The molecule has 0 radical (unpaired) electrons. The molecule has 102 valence electrons. The van der Waals surface area contributed by atoms with Gasteiger partial charge in [-0.3, -0.25) is 0 Å². The molecule has 0 aliphatic carbocycles. The SMILES string of the molecule is Cc1ccc(C2OCCO2)c2cc(C(F)(F)F)nn12. The fourth-order valence-electron chi connectivity index (χ4n) is 2.10. The van der Waals surface area contributed by atoms with E-state index in [4.69, 9.17) is 9.47 Å². The summed E-state index contributed by atoms with van der Waals surface area (Å²) in [5.41, 5.74) is 0.624. The predicted octanol–water partition coefficient (Wildman–Crippen LogP) is 2.71. The van der Waals surface area contributed by atoms with E-state index in [1.807, 2.05) is 0 Å². The van der Waals surface area contributed by atoms with Crippen molar-refractivity contribution in [3.05, 3.63) is 35.2 Å². The van der Waals surface area contributed by atoms with Crippen LogP contribution < -0.4 is 0 Å². The average molecular weight is 272 g/mol. The molecule has 2 aromatic rings. The molecule has 0 bridgehead atoms. The van der Waals surface area contributed by atoms with E-state index in [0.29, 0.717) is 30.0 Å². The zero-order chi connectivity index (χ0) is 13.6. The van der Waals surface area contributed by atoms with Crippen LogP contribution in [-0.4, -0.2) is 22.8 Å². The van der Waals surface area contributed by atoms with Gasteiger partial charge in [0.2, 0.25) is 0 Å². The molecule has 0 spiro atoms.